The molecule has 1 aromatic carbocycles. The summed E-state index contributed by atoms with van der Waals surface area (Å²) in [6.07, 6.45) is -0.0842. The fraction of sp³-hybridized carbons (Fsp3) is 0.474. The predicted octanol–water partition coefficient (Wildman–Crippen LogP) is 0.572. The van der Waals surface area contributed by atoms with Crippen LogP contribution in [0.2, 0.25) is 5.02 Å². The van der Waals surface area contributed by atoms with E-state index in [0.717, 1.165) is 4.90 Å². The van der Waals surface area contributed by atoms with Crippen LogP contribution in [0.25, 0.3) is 0 Å². The van der Waals surface area contributed by atoms with Crippen molar-refractivity contribution in [3.8, 4) is 0 Å². The Kier molecular flexibility index (Phi) is 4.84. The molecule has 10 heteroatoms. The maximum Gasteiger partial charge on any atom is 0.303 e. The van der Waals surface area contributed by atoms with Crippen LogP contribution in [0.1, 0.15) is 18.4 Å². The lowest BCUT2D eigenvalue weighted by Crippen LogP contribution is -2.53. The van der Waals surface area contributed by atoms with Gasteiger partial charge in [-0.3, -0.25) is 29.4 Å². The molecular weight excluding hydrogens is 402 g/mol. The van der Waals surface area contributed by atoms with Gasteiger partial charge in [0.2, 0.25) is 17.7 Å². The van der Waals surface area contributed by atoms with Gasteiger partial charge in [-0.2, -0.15) is 0 Å². The van der Waals surface area contributed by atoms with Gasteiger partial charge in [0, 0.05) is 35.8 Å². The highest BCUT2D eigenvalue weighted by atomic mass is 35.5. The number of amides is 3. The summed E-state index contributed by atoms with van der Waals surface area (Å²) in [5.74, 6) is -4.17. The number of halogens is 1. The number of imide groups is 1. The molecule has 0 bridgehead atoms. The van der Waals surface area contributed by atoms with Gasteiger partial charge in [-0.05, 0) is 24.6 Å². The van der Waals surface area contributed by atoms with Gasteiger partial charge in [0.1, 0.15) is 5.54 Å². The third-order valence-electron chi connectivity index (χ3n) is 5.96. The quantitative estimate of drug-likeness (QED) is 0.573. The number of fused-ring (bicyclic) bond motifs is 4. The summed E-state index contributed by atoms with van der Waals surface area (Å²) >= 11 is 6.15. The maximum atomic E-state index is 13.3. The number of likely N-dealkylation sites (tertiary alicyclic amines) is 1. The zero-order valence-electron chi connectivity index (χ0n) is 15.6. The summed E-state index contributed by atoms with van der Waals surface area (Å²) in [7, 11) is 1.47. The minimum Gasteiger partial charge on any atom is -0.481 e. The number of carbonyl (C=O) groups is 4. The summed E-state index contributed by atoms with van der Waals surface area (Å²) in [6.45, 7) is 0.249. The summed E-state index contributed by atoms with van der Waals surface area (Å²) in [5, 5.41) is 15.4. The predicted molar refractivity (Wildman–Crippen MR) is 101 cm³/mol. The second-order valence-electron chi connectivity index (χ2n) is 7.46. The molecular formula is C19H20ClN3O6. The number of ether oxygens (including phenoxy) is 1. The van der Waals surface area contributed by atoms with Crippen LogP contribution >= 0.6 is 11.6 Å². The Morgan fingerprint density at radius 3 is 2.76 bits per heavy atom. The van der Waals surface area contributed by atoms with E-state index in [9.17, 15) is 19.2 Å². The zero-order chi connectivity index (χ0) is 20.9. The van der Waals surface area contributed by atoms with Gasteiger partial charge in [-0.1, -0.05) is 11.6 Å². The molecule has 29 heavy (non-hydrogen) atoms. The van der Waals surface area contributed by atoms with Gasteiger partial charge >= 0.3 is 5.97 Å². The monoisotopic (exact) mass is 421 g/mol. The van der Waals surface area contributed by atoms with E-state index in [0.29, 0.717) is 16.3 Å². The Morgan fingerprint density at radius 2 is 2.07 bits per heavy atom. The fourth-order valence-electron chi connectivity index (χ4n) is 4.76. The Morgan fingerprint density at radius 1 is 1.31 bits per heavy atom. The lowest BCUT2D eigenvalue weighted by Gasteiger charge is -2.29. The van der Waals surface area contributed by atoms with E-state index < -0.39 is 47.1 Å². The molecule has 0 unspecified atom stereocenters. The van der Waals surface area contributed by atoms with Crippen molar-refractivity contribution in [1.29, 1.82) is 0 Å². The van der Waals surface area contributed by atoms with Crippen LogP contribution in [-0.2, 0) is 29.5 Å². The highest BCUT2D eigenvalue weighted by Crippen LogP contribution is 2.53. The zero-order valence-corrected chi connectivity index (χ0v) is 16.4. The number of nitrogens with one attached hydrogen (secondary N) is 2. The molecule has 1 aromatic rings. The number of methoxy groups -OCH3 is 1. The number of aliphatic carboxylic acids is 1. The van der Waals surface area contributed by atoms with Crippen molar-refractivity contribution in [2.24, 2.45) is 11.8 Å². The molecule has 1 spiro atoms. The number of carboxylic acid groups (broad SMARTS) is 1. The molecule has 3 amide bonds. The van der Waals surface area contributed by atoms with E-state index in [1.54, 1.807) is 18.2 Å². The summed E-state index contributed by atoms with van der Waals surface area (Å²) in [4.78, 5) is 51.7. The van der Waals surface area contributed by atoms with Crippen LogP contribution in [0.4, 0.5) is 5.69 Å². The Balaban J connectivity index is 1.81. The molecule has 0 radical (unpaired) electrons. The highest BCUT2D eigenvalue weighted by molar-refractivity contribution is 6.31. The Labute approximate surface area is 171 Å². The fourth-order valence-corrected chi connectivity index (χ4v) is 4.94. The van der Waals surface area contributed by atoms with Gasteiger partial charge < -0.3 is 15.2 Å². The van der Waals surface area contributed by atoms with Gasteiger partial charge in [0.15, 0.2) is 0 Å². The van der Waals surface area contributed by atoms with E-state index in [1.807, 2.05) is 0 Å². The van der Waals surface area contributed by atoms with Crippen LogP contribution < -0.4 is 10.6 Å². The van der Waals surface area contributed by atoms with E-state index in [4.69, 9.17) is 21.4 Å². The number of benzene rings is 1. The normalized spacial score (nSPS) is 30.1. The minimum absolute atomic E-state index is 0.0763. The molecule has 9 nitrogen and oxygen atoms in total. The molecule has 2 fully saturated rings. The molecule has 4 atom stereocenters. The SMILES string of the molecule is COCCN1C(=O)[C@H]2[C@@H](C1=O)[C@]1(N[C@@H]2CCC(=O)O)C(=O)Nc2ccc(Cl)cc21. The van der Waals surface area contributed by atoms with Crippen molar-refractivity contribution in [1.82, 2.24) is 10.2 Å². The Hall–Kier alpha value is -2.49. The first-order chi connectivity index (χ1) is 13.8. The average molecular weight is 422 g/mol. The molecule has 2 saturated heterocycles. The average Bonchev–Trinajstić information content (AvgIpc) is 3.24. The number of hydrogen-bond donors (Lipinski definition) is 3. The van der Waals surface area contributed by atoms with E-state index in [1.165, 1.54) is 7.11 Å². The first-order valence-corrected chi connectivity index (χ1v) is 9.64. The summed E-state index contributed by atoms with van der Waals surface area (Å²) in [5.41, 5.74) is -0.458. The number of rotatable bonds is 6. The van der Waals surface area contributed by atoms with Crippen molar-refractivity contribution in [3.05, 3.63) is 28.8 Å². The van der Waals surface area contributed by atoms with Crippen molar-refractivity contribution in [2.45, 2.75) is 24.4 Å². The molecule has 3 N–H and O–H groups in total. The van der Waals surface area contributed by atoms with Crippen molar-refractivity contribution in [2.75, 3.05) is 25.6 Å². The van der Waals surface area contributed by atoms with Crippen LogP contribution in [0.3, 0.4) is 0 Å². The number of nitrogens with zero attached hydrogens (tertiary/aromatic N) is 1. The molecule has 0 aromatic heterocycles. The van der Waals surface area contributed by atoms with E-state index in [-0.39, 0.29) is 26.0 Å². The first-order valence-electron chi connectivity index (χ1n) is 9.26. The smallest absolute Gasteiger partial charge is 0.303 e. The second-order valence-corrected chi connectivity index (χ2v) is 7.90. The van der Waals surface area contributed by atoms with Gasteiger partial charge in [-0.15, -0.1) is 0 Å². The van der Waals surface area contributed by atoms with Crippen molar-refractivity contribution < 1.29 is 29.0 Å². The molecule has 4 rings (SSSR count). The lowest BCUT2D eigenvalue weighted by atomic mass is 9.76. The maximum absolute atomic E-state index is 13.3. The standard InChI is InChI=1S/C19H20ClN3O6/c1-29-7-6-23-16(26)14-12(4-5-13(24)25)22-19(15(14)17(23)27)10-8-9(20)2-3-11(10)21-18(19)28/h2-3,8,12,14-15,22H,4-7H2,1H3,(H,21,28)(H,24,25)/t12-,14-,15+,19+/m1/s1. The van der Waals surface area contributed by atoms with Gasteiger partial charge in [-0.25, -0.2) is 0 Å². The van der Waals surface area contributed by atoms with Crippen LogP contribution in [0.5, 0.6) is 0 Å². The molecule has 0 saturated carbocycles. The van der Waals surface area contributed by atoms with Crippen LogP contribution in [0, 0.1) is 11.8 Å². The van der Waals surface area contributed by atoms with E-state index >= 15 is 0 Å². The molecule has 3 aliphatic rings. The van der Waals surface area contributed by atoms with Crippen molar-refractivity contribution in [3.63, 3.8) is 0 Å². The van der Waals surface area contributed by atoms with Crippen molar-refractivity contribution >= 4 is 41.0 Å². The lowest BCUT2D eigenvalue weighted by molar-refractivity contribution is -0.144. The van der Waals surface area contributed by atoms with Gasteiger partial charge in [0.05, 0.1) is 25.0 Å². The first kappa shape index (κ1) is 19.8. The topological polar surface area (TPSA) is 125 Å². The van der Waals surface area contributed by atoms with Crippen LogP contribution in [0.15, 0.2) is 18.2 Å². The molecule has 3 aliphatic heterocycles. The third kappa shape index (κ3) is 2.84. The number of carbonyl (C=O) groups excluding carboxylic acids is 3. The molecule has 154 valence electrons. The number of hydrogen-bond acceptors (Lipinski definition) is 6. The Bertz CT molecular complexity index is 921. The second kappa shape index (κ2) is 7.08. The number of carboxylic acids is 1. The largest absolute Gasteiger partial charge is 0.481 e. The number of anilines is 1. The van der Waals surface area contributed by atoms with Gasteiger partial charge in [0.25, 0.3) is 0 Å². The van der Waals surface area contributed by atoms with Crippen LogP contribution in [-0.4, -0.2) is 60.0 Å². The van der Waals surface area contributed by atoms with E-state index in [2.05, 4.69) is 10.6 Å². The summed E-state index contributed by atoms with van der Waals surface area (Å²) in [6, 6.07) is 4.24. The minimum atomic E-state index is -1.47. The molecule has 0 aliphatic carbocycles. The molecule has 3 heterocycles. The third-order valence-corrected chi connectivity index (χ3v) is 6.19. The summed E-state index contributed by atoms with van der Waals surface area (Å²) < 4.78 is 5.00. The highest BCUT2D eigenvalue weighted by Gasteiger charge is 2.70.